The van der Waals surface area contributed by atoms with Gasteiger partial charge in [0.15, 0.2) is 0 Å². The summed E-state index contributed by atoms with van der Waals surface area (Å²) in [5, 5.41) is 11.4. The normalized spacial score (nSPS) is 15.0. The van der Waals surface area contributed by atoms with Crippen molar-refractivity contribution in [2.45, 2.75) is 19.8 Å². The fraction of sp³-hybridized carbons (Fsp3) is 0.278. The number of hydrogen-bond donors (Lipinski definition) is 0. The summed E-state index contributed by atoms with van der Waals surface area (Å²) >= 11 is 0. The van der Waals surface area contributed by atoms with Gasteiger partial charge in [-0.3, -0.25) is 15.1 Å². The Morgan fingerprint density at radius 2 is 1.83 bits per heavy atom. The maximum Gasteiger partial charge on any atom is 0.292 e. The van der Waals surface area contributed by atoms with Crippen molar-refractivity contribution < 1.29 is 4.92 Å². The molecule has 0 fully saturated rings. The topological polar surface area (TPSA) is 58.7 Å². The molecule has 0 bridgehead atoms. The first-order valence-corrected chi connectivity index (χ1v) is 7.80. The third kappa shape index (κ3) is 3.08. The third-order valence-corrected chi connectivity index (χ3v) is 4.06. The molecule has 2 aromatic rings. The van der Waals surface area contributed by atoms with Crippen LogP contribution in [-0.2, 0) is 0 Å². The molecule has 118 valence electrons. The van der Waals surface area contributed by atoms with E-state index in [0.717, 1.165) is 42.9 Å². The number of anilines is 1. The summed E-state index contributed by atoms with van der Waals surface area (Å²) in [4.78, 5) is 17.8. The Kier molecular flexibility index (Phi) is 4.37. The minimum atomic E-state index is -0.324. The van der Waals surface area contributed by atoms with E-state index in [2.05, 4.69) is 0 Å². The third-order valence-electron chi connectivity index (χ3n) is 4.06. The molecule has 1 aliphatic rings. The largest absolute Gasteiger partial charge is 0.320 e. The molecular formula is C18H19N3O2. The van der Waals surface area contributed by atoms with Gasteiger partial charge in [0.2, 0.25) is 0 Å². The molecule has 1 heterocycles. The number of benzene rings is 2. The number of nitrogens with zero attached hydrogens (tertiary/aromatic N) is 3. The molecule has 0 atom stereocenters. The number of amidine groups is 1. The summed E-state index contributed by atoms with van der Waals surface area (Å²) in [5.74, 6) is 0.829. The molecule has 2 aromatic carbocycles. The number of aryl methyl sites for hydroxylation is 1. The summed E-state index contributed by atoms with van der Waals surface area (Å²) in [6.45, 7) is 3.53. The molecule has 3 rings (SSSR count). The van der Waals surface area contributed by atoms with E-state index < -0.39 is 0 Å². The van der Waals surface area contributed by atoms with Crippen molar-refractivity contribution in [1.82, 2.24) is 0 Å². The van der Waals surface area contributed by atoms with Gasteiger partial charge in [-0.15, -0.1) is 0 Å². The molecule has 0 N–H and O–H groups in total. The molecule has 23 heavy (non-hydrogen) atoms. The minimum absolute atomic E-state index is 0.121. The number of rotatable bonds is 3. The van der Waals surface area contributed by atoms with E-state index in [9.17, 15) is 10.1 Å². The first-order chi connectivity index (χ1) is 11.2. The van der Waals surface area contributed by atoms with Crippen molar-refractivity contribution in [1.29, 1.82) is 0 Å². The highest BCUT2D eigenvalue weighted by Crippen LogP contribution is 2.30. The van der Waals surface area contributed by atoms with Gasteiger partial charge in [-0.1, -0.05) is 36.4 Å². The van der Waals surface area contributed by atoms with Gasteiger partial charge < -0.3 is 4.90 Å². The monoisotopic (exact) mass is 309 g/mol. The predicted molar refractivity (Wildman–Crippen MR) is 92.3 cm³/mol. The van der Waals surface area contributed by atoms with Crippen LogP contribution in [0.1, 0.15) is 24.0 Å². The van der Waals surface area contributed by atoms with E-state index >= 15 is 0 Å². The summed E-state index contributed by atoms with van der Waals surface area (Å²) in [5.41, 5.74) is 2.89. The van der Waals surface area contributed by atoms with Gasteiger partial charge in [0.1, 0.15) is 11.5 Å². The zero-order valence-electron chi connectivity index (χ0n) is 13.1. The number of aliphatic imine (C=N–C) groups is 1. The summed E-state index contributed by atoms with van der Waals surface area (Å²) < 4.78 is 0. The number of nitro groups is 1. The molecule has 0 amide bonds. The molecule has 1 aliphatic heterocycles. The van der Waals surface area contributed by atoms with Gasteiger partial charge in [0.25, 0.3) is 5.69 Å². The number of nitro benzene ring substituents is 1. The molecule has 5 nitrogen and oxygen atoms in total. The lowest BCUT2D eigenvalue weighted by molar-refractivity contribution is -0.384. The quantitative estimate of drug-likeness (QED) is 0.637. The van der Waals surface area contributed by atoms with Gasteiger partial charge in [-0.2, -0.15) is 0 Å². The molecule has 0 spiro atoms. The second-order valence-electron chi connectivity index (χ2n) is 5.62. The first kappa shape index (κ1) is 15.2. The van der Waals surface area contributed by atoms with Crippen molar-refractivity contribution >= 4 is 17.2 Å². The summed E-state index contributed by atoms with van der Waals surface area (Å²) in [6.07, 6.45) is 1.96. The summed E-state index contributed by atoms with van der Waals surface area (Å²) in [6, 6.07) is 14.9. The van der Waals surface area contributed by atoms with Crippen LogP contribution >= 0.6 is 0 Å². The van der Waals surface area contributed by atoms with Crippen molar-refractivity contribution in [2.75, 3.05) is 18.0 Å². The van der Waals surface area contributed by atoms with Gasteiger partial charge in [0.05, 0.1) is 4.92 Å². The Balaban J connectivity index is 2.12. The van der Waals surface area contributed by atoms with Crippen LogP contribution in [0, 0.1) is 17.0 Å². The number of para-hydroxylation sites is 2. The van der Waals surface area contributed by atoms with Crippen LogP contribution in [0.25, 0.3) is 0 Å². The van der Waals surface area contributed by atoms with Crippen molar-refractivity contribution in [2.24, 2.45) is 4.99 Å². The van der Waals surface area contributed by atoms with Crippen LogP contribution in [0.5, 0.6) is 0 Å². The van der Waals surface area contributed by atoms with Crippen molar-refractivity contribution in [3.05, 3.63) is 69.8 Å². The van der Waals surface area contributed by atoms with E-state index in [-0.39, 0.29) is 10.6 Å². The lowest BCUT2D eigenvalue weighted by atomic mass is 10.1. The minimum Gasteiger partial charge on any atom is -0.320 e. The zero-order valence-corrected chi connectivity index (χ0v) is 13.1. The smallest absolute Gasteiger partial charge is 0.292 e. The van der Waals surface area contributed by atoms with E-state index in [4.69, 9.17) is 4.99 Å². The second kappa shape index (κ2) is 6.60. The van der Waals surface area contributed by atoms with Crippen LogP contribution < -0.4 is 4.90 Å². The van der Waals surface area contributed by atoms with E-state index in [1.165, 1.54) is 0 Å². The second-order valence-corrected chi connectivity index (χ2v) is 5.62. The lowest BCUT2D eigenvalue weighted by Gasteiger charge is -2.25. The number of hydrogen-bond acceptors (Lipinski definition) is 4. The average molecular weight is 309 g/mol. The maximum absolute atomic E-state index is 11.4. The zero-order chi connectivity index (χ0) is 16.2. The molecule has 0 aliphatic carbocycles. The molecule has 0 radical (unpaired) electrons. The van der Waals surface area contributed by atoms with Crippen molar-refractivity contribution in [3.8, 4) is 0 Å². The van der Waals surface area contributed by atoms with Crippen LogP contribution in [0.3, 0.4) is 0 Å². The fourth-order valence-electron chi connectivity index (χ4n) is 2.89. The molecular weight excluding hydrogens is 290 g/mol. The molecule has 5 heteroatoms. The van der Waals surface area contributed by atoms with Gasteiger partial charge >= 0.3 is 0 Å². The highest BCUT2D eigenvalue weighted by atomic mass is 16.6. The average Bonchev–Trinajstić information content (AvgIpc) is 2.81. The highest BCUT2D eigenvalue weighted by molar-refractivity contribution is 6.11. The van der Waals surface area contributed by atoms with Crippen LogP contribution in [-0.4, -0.2) is 23.8 Å². The van der Waals surface area contributed by atoms with E-state index in [1.807, 2.05) is 42.2 Å². The Hall–Kier alpha value is -2.69. The van der Waals surface area contributed by atoms with Gasteiger partial charge in [-0.05, 0) is 31.4 Å². The Morgan fingerprint density at radius 3 is 2.61 bits per heavy atom. The molecule has 0 saturated heterocycles. The van der Waals surface area contributed by atoms with E-state index in [1.54, 1.807) is 18.2 Å². The maximum atomic E-state index is 11.4. The van der Waals surface area contributed by atoms with Gasteiger partial charge in [0, 0.05) is 24.7 Å². The van der Waals surface area contributed by atoms with Crippen LogP contribution in [0.15, 0.2) is 53.5 Å². The van der Waals surface area contributed by atoms with Crippen LogP contribution in [0.4, 0.5) is 11.4 Å². The van der Waals surface area contributed by atoms with Gasteiger partial charge in [-0.25, -0.2) is 0 Å². The van der Waals surface area contributed by atoms with Crippen LogP contribution in [0.2, 0.25) is 0 Å². The highest BCUT2D eigenvalue weighted by Gasteiger charge is 2.25. The summed E-state index contributed by atoms with van der Waals surface area (Å²) in [7, 11) is 0. The Morgan fingerprint density at radius 1 is 1.09 bits per heavy atom. The Bertz CT molecular complexity index is 755. The molecule has 0 saturated carbocycles. The predicted octanol–water partition coefficient (Wildman–Crippen LogP) is 3.95. The molecule has 0 aromatic heterocycles. The Labute approximate surface area is 135 Å². The standard InChI is InChI=1S/C18H19N3O2/c1-14-8-2-3-9-15(14)18-19-12-6-7-13-20(18)16-10-4-5-11-17(16)21(22)23/h2-5,8-11H,6-7,12-13H2,1H3. The SMILES string of the molecule is Cc1ccccc1C1=NCCCCN1c1ccccc1[N+](=O)[O-]. The fourth-order valence-corrected chi connectivity index (χ4v) is 2.89. The van der Waals surface area contributed by atoms with E-state index in [0.29, 0.717) is 5.69 Å². The van der Waals surface area contributed by atoms with Crippen molar-refractivity contribution in [3.63, 3.8) is 0 Å². The lowest BCUT2D eigenvalue weighted by Crippen LogP contribution is -2.32. The first-order valence-electron chi connectivity index (χ1n) is 7.80. The molecule has 0 unspecified atom stereocenters.